The van der Waals surface area contributed by atoms with Gasteiger partial charge in [-0.25, -0.2) is 0 Å². The van der Waals surface area contributed by atoms with Crippen LogP contribution in [0.1, 0.15) is 4.88 Å². The average Bonchev–Trinajstić information content (AvgIpc) is 3.02. The summed E-state index contributed by atoms with van der Waals surface area (Å²) in [5, 5.41) is 3.51. The Morgan fingerprint density at radius 2 is 1.00 bits per heavy atom. The fourth-order valence-electron chi connectivity index (χ4n) is 3.72. The number of hydrogen-bond donors (Lipinski definition) is 0. The van der Waals surface area contributed by atoms with Gasteiger partial charge < -0.3 is 0 Å². The molecule has 1 aromatic heterocycles. The number of hydrogen-bond acceptors (Lipinski definition) is 1. The Balaban J connectivity index is 2.11. The molecule has 0 atom stereocenters. The molecule has 0 nitrogen and oxygen atoms in total. The van der Waals surface area contributed by atoms with Crippen LogP contribution in [0, 0.1) is 0 Å². The molecule has 4 aromatic rings. The molecule has 1 heterocycles. The molecule has 0 amide bonds. The fraction of sp³-hybridized carbons (Fsp3) is 0.0435. The van der Waals surface area contributed by atoms with Gasteiger partial charge in [0.2, 0.25) is 0 Å². The molecule has 148 valence electrons. The second kappa shape index (κ2) is 8.57. The quantitative estimate of drug-likeness (QED) is 0.195. The van der Waals surface area contributed by atoms with E-state index in [1.807, 2.05) is 18.2 Å². The molecule has 29 heavy (non-hydrogen) atoms. The van der Waals surface area contributed by atoms with Crippen LogP contribution in [0.3, 0.4) is 0 Å². The standard InChI is InChI=1S/C23H17Br3ClPS/c24-21-20(29-23(26)22(21)25)16-28(27,17-10-4-1-5-11-17,18-12-6-2-7-13-18)19-14-8-3-9-15-19/h1-15H,16H2. The first-order valence-corrected chi connectivity index (χ1v) is 15.5. The van der Waals surface area contributed by atoms with Gasteiger partial charge >= 0.3 is 207 Å². The van der Waals surface area contributed by atoms with Crippen molar-refractivity contribution < 1.29 is 0 Å². The normalized spacial score (nSPS) is 13.0. The Bertz CT molecular complexity index is 1030. The van der Waals surface area contributed by atoms with Crippen LogP contribution in [0.2, 0.25) is 0 Å². The molecule has 6 heteroatoms. The molecular weight excluding hydrogens is 614 g/mol. The van der Waals surface area contributed by atoms with Crippen molar-refractivity contribution in [3.8, 4) is 0 Å². The van der Waals surface area contributed by atoms with E-state index in [2.05, 4.69) is 121 Å². The van der Waals surface area contributed by atoms with Gasteiger partial charge in [0.1, 0.15) is 0 Å². The van der Waals surface area contributed by atoms with Gasteiger partial charge in [-0.15, -0.1) is 0 Å². The molecule has 3 aromatic carbocycles. The van der Waals surface area contributed by atoms with E-state index in [9.17, 15) is 0 Å². The molecule has 0 bridgehead atoms. The van der Waals surface area contributed by atoms with Gasteiger partial charge in [-0.3, -0.25) is 0 Å². The van der Waals surface area contributed by atoms with Crippen LogP contribution < -0.4 is 15.9 Å². The summed E-state index contributed by atoms with van der Waals surface area (Å²) in [6.07, 6.45) is 0.723. The molecule has 0 saturated heterocycles. The van der Waals surface area contributed by atoms with Crippen LogP contribution in [0.4, 0.5) is 0 Å². The minimum absolute atomic E-state index is 0.723. The SMILES string of the molecule is ClP(Cc1sc(Br)c(Br)c1Br)(c1ccccc1)(c1ccccc1)c1ccccc1. The van der Waals surface area contributed by atoms with E-state index in [4.69, 9.17) is 11.2 Å². The second-order valence-electron chi connectivity index (χ2n) is 6.77. The molecule has 0 aliphatic rings. The molecule has 0 fully saturated rings. The predicted octanol–water partition coefficient (Wildman–Crippen LogP) is 8.22. The Kier molecular flexibility index (Phi) is 6.43. The summed E-state index contributed by atoms with van der Waals surface area (Å²) in [6.45, 7) is 0. The monoisotopic (exact) mass is 628 g/mol. The van der Waals surface area contributed by atoms with Crippen molar-refractivity contribution in [3.63, 3.8) is 0 Å². The first-order valence-electron chi connectivity index (χ1n) is 8.97. The molecule has 0 N–H and O–H groups in total. The van der Waals surface area contributed by atoms with E-state index in [0.29, 0.717) is 0 Å². The summed E-state index contributed by atoms with van der Waals surface area (Å²) < 4.78 is 3.16. The number of halogens is 4. The first-order chi connectivity index (χ1) is 13.9. The Morgan fingerprint density at radius 1 is 0.621 bits per heavy atom. The van der Waals surface area contributed by atoms with Crippen molar-refractivity contribution >= 4 is 92.2 Å². The molecule has 0 saturated carbocycles. The Labute approximate surface area is 205 Å². The Hall–Kier alpha value is -0.480. The molecule has 4 rings (SSSR count). The van der Waals surface area contributed by atoms with Crippen LogP contribution in [0.25, 0.3) is 0 Å². The summed E-state index contributed by atoms with van der Waals surface area (Å²) in [5.74, 6) is -3.31. The zero-order valence-electron chi connectivity index (χ0n) is 15.2. The molecule has 0 unspecified atom stereocenters. The van der Waals surface area contributed by atoms with E-state index < -0.39 is 5.96 Å². The summed E-state index contributed by atoms with van der Waals surface area (Å²) in [7, 11) is 0. The maximum atomic E-state index is 8.13. The van der Waals surface area contributed by atoms with Crippen LogP contribution in [-0.4, -0.2) is 0 Å². The van der Waals surface area contributed by atoms with Crippen molar-refractivity contribution in [1.82, 2.24) is 0 Å². The van der Waals surface area contributed by atoms with Gasteiger partial charge in [0.25, 0.3) is 0 Å². The Morgan fingerprint density at radius 3 is 1.31 bits per heavy atom. The third kappa shape index (κ3) is 3.71. The maximum absolute atomic E-state index is 8.13. The van der Waals surface area contributed by atoms with Gasteiger partial charge in [-0.2, -0.15) is 0 Å². The van der Waals surface area contributed by atoms with Crippen LogP contribution in [0.5, 0.6) is 0 Å². The van der Waals surface area contributed by atoms with Crippen molar-refractivity contribution in [2.75, 3.05) is 0 Å². The van der Waals surface area contributed by atoms with E-state index >= 15 is 0 Å². The summed E-state index contributed by atoms with van der Waals surface area (Å²) >= 11 is 21.0. The topological polar surface area (TPSA) is 0 Å². The van der Waals surface area contributed by atoms with E-state index in [1.165, 1.54) is 20.8 Å². The zero-order valence-corrected chi connectivity index (χ0v) is 22.5. The van der Waals surface area contributed by atoms with Gasteiger partial charge in [-0.1, -0.05) is 0 Å². The van der Waals surface area contributed by atoms with Gasteiger partial charge in [0, 0.05) is 0 Å². The van der Waals surface area contributed by atoms with Crippen molar-refractivity contribution in [1.29, 1.82) is 0 Å². The predicted molar refractivity (Wildman–Crippen MR) is 142 cm³/mol. The molecule has 0 aliphatic heterocycles. The summed E-state index contributed by atoms with van der Waals surface area (Å²) in [5.41, 5.74) is 0. The number of benzene rings is 3. The van der Waals surface area contributed by atoms with Crippen molar-refractivity contribution in [2.45, 2.75) is 6.16 Å². The third-order valence-corrected chi connectivity index (χ3v) is 17.6. The molecule has 0 spiro atoms. The average molecular weight is 632 g/mol. The van der Waals surface area contributed by atoms with E-state index in [-0.39, 0.29) is 0 Å². The minimum atomic E-state index is -3.31. The van der Waals surface area contributed by atoms with Crippen molar-refractivity contribution in [3.05, 3.63) is 109 Å². The van der Waals surface area contributed by atoms with Gasteiger partial charge in [0.05, 0.1) is 0 Å². The number of thiophene rings is 1. The third-order valence-electron chi connectivity index (χ3n) is 5.15. The van der Waals surface area contributed by atoms with Crippen molar-refractivity contribution in [2.24, 2.45) is 0 Å². The summed E-state index contributed by atoms with van der Waals surface area (Å²) in [4.78, 5) is 1.22. The molecular formula is C23H17Br3ClPS. The van der Waals surface area contributed by atoms with Crippen LogP contribution in [-0.2, 0) is 6.16 Å². The molecule has 0 radical (unpaired) electrons. The van der Waals surface area contributed by atoms with E-state index in [0.717, 1.165) is 18.9 Å². The summed E-state index contributed by atoms with van der Waals surface area (Å²) in [6, 6.07) is 31.7. The second-order valence-corrected chi connectivity index (χ2v) is 17.3. The molecule has 0 aliphatic carbocycles. The fourth-order valence-corrected chi connectivity index (χ4v) is 14.0. The first kappa shape index (κ1) is 21.7. The zero-order chi connectivity index (χ0) is 20.5. The van der Waals surface area contributed by atoms with Gasteiger partial charge in [-0.05, 0) is 0 Å². The number of rotatable bonds is 5. The van der Waals surface area contributed by atoms with Crippen LogP contribution in [0.15, 0.2) is 104 Å². The van der Waals surface area contributed by atoms with Gasteiger partial charge in [0.15, 0.2) is 0 Å². The van der Waals surface area contributed by atoms with E-state index in [1.54, 1.807) is 11.3 Å². The van der Waals surface area contributed by atoms with Crippen LogP contribution >= 0.6 is 76.3 Å².